The number of hydrogen-bond donors (Lipinski definition) is 7. The van der Waals surface area contributed by atoms with Gasteiger partial charge in [-0.15, -0.1) is 0 Å². The van der Waals surface area contributed by atoms with Gasteiger partial charge in [0.05, 0.1) is 25.4 Å². The van der Waals surface area contributed by atoms with Crippen molar-refractivity contribution < 1.29 is 49.7 Å². The summed E-state index contributed by atoms with van der Waals surface area (Å²) in [6.07, 6.45) is 30.1. The van der Waals surface area contributed by atoms with Gasteiger partial charge in [0, 0.05) is 19.3 Å². The van der Waals surface area contributed by atoms with Crippen LogP contribution in [0.15, 0.2) is 0 Å². The van der Waals surface area contributed by atoms with Crippen LogP contribution in [-0.4, -0.2) is 104 Å². The molecule has 0 aliphatic carbocycles. The third-order valence-corrected chi connectivity index (χ3v) is 12.7. The second-order valence-electron chi connectivity index (χ2n) is 18.4. The highest BCUT2D eigenvalue weighted by Crippen LogP contribution is 2.23. The zero-order chi connectivity index (χ0) is 44.8. The third kappa shape index (κ3) is 30.6. The van der Waals surface area contributed by atoms with Gasteiger partial charge in [-0.1, -0.05) is 200 Å². The van der Waals surface area contributed by atoms with E-state index >= 15 is 0 Å². The Balaban J connectivity index is 2.29. The Hall–Kier alpha value is -1.18. The molecule has 1 fully saturated rings. The first kappa shape index (κ1) is 57.8. The molecule has 8 atom stereocenters. The number of unbranched alkanes of at least 4 members (excludes halogenated alkanes) is 29. The Kier molecular flexibility index (Phi) is 38.2. The first-order valence-electron chi connectivity index (χ1n) is 25.7. The molecule has 1 saturated heterocycles. The van der Waals surface area contributed by atoms with Gasteiger partial charge in [-0.25, -0.2) is 0 Å². The first-order chi connectivity index (χ1) is 29.7. The summed E-state index contributed by atoms with van der Waals surface area (Å²) in [6, 6.07) is -1.00. The van der Waals surface area contributed by atoms with Crippen LogP contribution >= 0.6 is 0 Å². The van der Waals surface area contributed by atoms with Crippen molar-refractivity contribution in [2.24, 2.45) is 0 Å². The number of ketones is 1. The lowest BCUT2D eigenvalue weighted by molar-refractivity contribution is -0.303. The van der Waals surface area contributed by atoms with Crippen LogP contribution < -0.4 is 5.32 Å². The summed E-state index contributed by atoms with van der Waals surface area (Å²) >= 11 is 0. The maximum Gasteiger partial charge on any atom is 0.220 e. The second kappa shape index (κ2) is 40.3. The Labute approximate surface area is 372 Å². The van der Waals surface area contributed by atoms with Crippen molar-refractivity contribution >= 4 is 11.7 Å². The van der Waals surface area contributed by atoms with Crippen LogP contribution in [0.4, 0.5) is 0 Å². The molecule has 1 heterocycles. The molecule has 0 unspecified atom stereocenters. The molecule has 0 aromatic heterocycles. The van der Waals surface area contributed by atoms with Crippen LogP contribution in [-0.2, 0) is 19.1 Å². The SMILES string of the molecule is CCCCCCCCCCCCCC[C@@H](O)[C@@H](O)[C@H](CO[C@H]1O[C@H](CO)[C@H](O)[C@H](O)[C@H]1O)NC(=O)CCCCCCCCCCCCC(=O)CCCCCCCCCCCC. The van der Waals surface area contributed by atoms with Gasteiger partial charge in [0.15, 0.2) is 6.29 Å². The van der Waals surface area contributed by atoms with Crippen molar-refractivity contribution in [3.8, 4) is 0 Å². The molecule has 0 spiro atoms. The molecular weight excluding hydrogens is 775 g/mol. The van der Waals surface area contributed by atoms with Crippen LogP contribution in [0.5, 0.6) is 0 Å². The van der Waals surface area contributed by atoms with Crippen LogP contribution in [0, 0.1) is 0 Å². The van der Waals surface area contributed by atoms with E-state index < -0.39 is 55.6 Å². The Bertz CT molecular complexity index is 1000. The molecule has 0 aromatic carbocycles. The highest BCUT2D eigenvalue weighted by Gasteiger charge is 2.44. The smallest absolute Gasteiger partial charge is 0.220 e. The van der Waals surface area contributed by atoms with Gasteiger partial charge in [0.25, 0.3) is 0 Å². The minimum absolute atomic E-state index is 0.260. The van der Waals surface area contributed by atoms with Crippen LogP contribution in [0.2, 0.25) is 0 Å². The molecule has 0 bridgehead atoms. The van der Waals surface area contributed by atoms with E-state index in [-0.39, 0.29) is 18.9 Å². The van der Waals surface area contributed by atoms with Gasteiger partial charge in [0.1, 0.15) is 36.3 Å². The maximum absolute atomic E-state index is 13.0. The molecule has 11 nitrogen and oxygen atoms in total. The average Bonchev–Trinajstić information content (AvgIpc) is 3.25. The molecule has 1 rings (SSSR count). The lowest BCUT2D eigenvalue weighted by Crippen LogP contribution is -2.60. The number of aliphatic hydroxyl groups excluding tert-OH is 6. The number of amides is 1. The van der Waals surface area contributed by atoms with Crippen LogP contribution in [0.3, 0.4) is 0 Å². The lowest BCUT2D eigenvalue weighted by atomic mass is 9.98. The Morgan fingerprint density at radius 3 is 1.31 bits per heavy atom. The lowest BCUT2D eigenvalue weighted by Gasteiger charge is -2.40. The normalized spacial score (nSPS) is 20.8. The van der Waals surface area contributed by atoms with E-state index in [1.807, 2.05) is 0 Å². The number of ether oxygens (including phenoxy) is 2. The monoisotopic (exact) mass is 872 g/mol. The molecule has 7 N–H and O–H groups in total. The van der Waals surface area contributed by atoms with E-state index in [4.69, 9.17) is 9.47 Å². The number of hydrogen-bond acceptors (Lipinski definition) is 10. The number of aliphatic hydroxyl groups is 6. The van der Waals surface area contributed by atoms with Crippen LogP contribution in [0.1, 0.15) is 245 Å². The fourth-order valence-corrected chi connectivity index (χ4v) is 8.50. The number of rotatable bonds is 44. The largest absolute Gasteiger partial charge is 0.394 e. The zero-order valence-electron chi connectivity index (χ0n) is 39.3. The minimum Gasteiger partial charge on any atom is -0.394 e. The maximum atomic E-state index is 13.0. The van der Waals surface area contributed by atoms with Gasteiger partial charge in [-0.05, 0) is 25.7 Å². The summed E-state index contributed by atoms with van der Waals surface area (Å²) in [7, 11) is 0. The van der Waals surface area contributed by atoms with E-state index in [1.165, 1.54) is 128 Å². The minimum atomic E-state index is -1.61. The average molecular weight is 872 g/mol. The fraction of sp³-hybridized carbons (Fsp3) is 0.960. The van der Waals surface area contributed by atoms with Gasteiger partial charge >= 0.3 is 0 Å². The van der Waals surface area contributed by atoms with Gasteiger partial charge in [0.2, 0.25) is 5.91 Å². The zero-order valence-corrected chi connectivity index (χ0v) is 39.3. The van der Waals surface area contributed by atoms with E-state index in [1.54, 1.807) is 0 Å². The molecule has 362 valence electrons. The third-order valence-electron chi connectivity index (χ3n) is 12.7. The van der Waals surface area contributed by atoms with Crippen molar-refractivity contribution in [1.82, 2.24) is 5.32 Å². The van der Waals surface area contributed by atoms with Crippen molar-refractivity contribution in [1.29, 1.82) is 0 Å². The van der Waals surface area contributed by atoms with Crippen molar-refractivity contribution in [2.75, 3.05) is 13.2 Å². The highest BCUT2D eigenvalue weighted by molar-refractivity contribution is 5.78. The van der Waals surface area contributed by atoms with Crippen LogP contribution in [0.25, 0.3) is 0 Å². The molecule has 1 aliphatic heterocycles. The van der Waals surface area contributed by atoms with E-state index in [2.05, 4.69) is 19.2 Å². The number of carbonyl (C=O) groups is 2. The highest BCUT2D eigenvalue weighted by atomic mass is 16.7. The summed E-state index contributed by atoms with van der Waals surface area (Å²) in [5, 5.41) is 65.2. The summed E-state index contributed by atoms with van der Waals surface area (Å²) in [5.41, 5.74) is 0. The number of nitrogens with one attached hydrogen (secondary N) is 1. The second-order valence-corrected chi connectivity index (χ2v) is 18.4. The summed E-state index contributed by atoms with van der Waals surface area (Å²) < 4.78 is 11.2. The van der Waals surface area contributed by atoms with E-state index in [9.17, 15) is 40.2 Å². The topological polar surface area (TPSA) is 186 Å². The Morgan fingerprint density at radius 1 is 0.525 bits per heavy atom. The first-order valence-corrected chi connectivity index (χ1v) is 25.7. The molecule has 0 aromatic rings. The quantitative estimate of drug-likeness (QED) is 0.0291. The standard InChI is InChI=1S/C50H97NO10/c1-3-5-7-9-11-13-15-16-21-25-29-33-37-43(54)46(56)42(40-60-50-49(59)48(58)47(57)44(39-52)61-50)51-45(55)38-34-30-26-22-18-17-20-24-28-32-36-41(53)35-31-27-23-19-14-12-10-8-6-4-2/h42-44,46-50,52,54,56-59H,3-40H2,1-2H3,(H,51,55)/t42-,43+,44+,46-,47-,48-,49+,50-/m0/s1. The molecule has 0 radical (unpaired) electrons. The Morgan fingerprint density at radius 2 is 0.902 bits per heavy atom. The molecule has 1 aliphatic rings. The fourth-order valence-electron chi connectivity index (χ4n) is 8.50. The summed E-state index contributed by atoms with van der Waals surface area (Å²) in [6.45, 7) is 3.57. The molecular formula is C50H97NO10. The van der Waals surface area contributed by atoms with Gasteiger partial charge in [-0.3, -0.25) is 9.59 Å². The summed E-state index contributed by atoms with van der Waals surface area (Å²) in [4.78, 5) is 25.3. The van der Waals surface area contributed by atoms with E-state index in [0.29, 0.717) is 18.6 Å². The van der Waals surface area contributed by atoms with Gasteiger partial charge in [-0.2, -0.15) is 0 Å². The molecule has 0 saturated carbocycles. The number of Topliss-reactive ketones (excluding diaryl/α,β-unsaturated/α-hetero) is 1. The molecule has 61 heavy (non-hydrogen) atoms. The predicted octanol–water partition coefficient (Wildman–Crippen LogP) is 9.66. The van der Waals surface area contributed by atoms with Crippen molar-refractivity contribution in [2.45, 2.75) is 294 Å². The molecule has 1 amide bonds. The summed E-state index contributed by atoms with van der Waals surface area (Å²) in [5.74, 6) is 0.157. The number of carbonyl (C=O) groups excluding carboxylic acids is 2. The van der Waals surface area contributed by atoms with E-state index in [0.717, 1.165) is 83.5 Å². The van der Waals surface area contributed by atoms with Crippen molar-refractivity contribution in [3.05, 3.63) is 0 Å². The van der Waals surface area contributed by atoms with Gasteiger partial charge < -0.3 is 45.4 Å². The predicted molar refractivity (Wildman–Crippen MR) is 246 cm³/mol. The van der Waals surface area contributed by atoms with Crippen molar-refractivity contribution in [3.63, 3.8) is 0 Å². The molecule has 11 heteroatoms.